The fourth-order valence-electron chi connectivity index (χ4n) is 2.66. The number of hydrogen-bond donors (Lipinski definition) is 2. The lowest BCUT2D eigenvalue weighted by Crippen LogP contribution is -2.42. The zero-order chi connectivity index (χ0) is 18.0. The number of benzene rings is 1. The maximum Gasteiger partial charge on any atom is 0.319 e. The quantitative estimate of drug-likeness (QED) is 0.894. The number of amides is 3. The van der Waals surface area contributed by atoms with Crippen LogP contribution in [-0.4, -0.2) is 41.5 Å². The number of likely N-dealkylation sites (N-methyl/N-ethyl adjacent to an activating group) is 1. The highest BCUT2D eigenvalue weighted by atomic mass is 16.4. The van der Waals surface area contributed by atoms with Crippen LogP contribution >= 0.6 is 0 Å². The third-order valence-electron chi connectivity index (χ3n) is 4.22. The zero-order valence-electron chi connectivity index (χ0n) is 14.6. The van der Waals surface area contributed by atoms with E-state index in [1.165, 1.54) is 0 Å². The van der Waals surface area contributed by atoms with E-state index in [9.17, 15) is 9.59 Å². The molecule has 1 aliphatic heterocycles. The Labute approximate surface area is 146 Å². The van der Waals surface area contributed by atoms with E-state index >= 15 is 0 Å². The van der Waals surface area contributed by atoms with Gasteiger partial charge in [0, 0.05) is 30.8 Å². The second-order valence-corrected chi connectivity index (χ2v) is 6.50. The molecule has 25 heavy (non-hydrogen) atoms. The van der Waals surface area contributed by atoms with Gasteiger partial charge in [-0.05, 0) is 30.7 Å². The largest absolute Gasteiger partial charge is 0.441 e. The fraction of sp³-hybridized carbons (Fsp3) is 0.389. The highest BCUT2D eigenvalue weighted by Crippen LogP contribution is 2.24. The Morgan fingerprint density at radius 2 is 2.04 bits per heavy atom. The number of likely N-dealkylation sites (tertiary alicyclic amines) is 1. The molecular formula is C18H22N4O3. The van der Waals surface area contributed by atoms with Gasteiger partial charge in [-0.25, -0.2) is 9.78 Å². The molecule has 1 atom stereocenters. The van der Waals surface area contributed by atoms with E-state index in [1.54, 1.807) is 30.3 Å². The van der Waals surface area contributed by atoms with Crippen molar-refractivity contribution in [3.63, 3.8) is 0 Å². The van der Waals surface area contributed by atoms with Crippen LogP contribution in [0.4, 0.5) is 10.5 Å². The Balaban J connectivity index is 1.60. The molecule has 3 rings (SSSR count). The first-order chi connectivity index (χ1) is 11.9. The molecule has 7 nitrogen and oxygen atoms in total. The number of aromatic nitrogens is 1. The van der Waals surface area contributed by atoms with E-state index < -0.39 is 6.04 Å². The molecule has 1 aromatic heterocycles. The minimum Gasteiger partial charge on any atom is -0.441 e. The topological polar surface area (TPSA) is 87.5 Å². The lowest BCUT2D eigenvalue weighted by atomic mass is 10.2. The van der Waals surface area contributed by atoms with Crippen molar-refractivity contribution < 1.29 is 14.0 Å². The van der Waals surface area contributed by atoms with Crippen LogP contribution in [-0.2, 0) is 4.79 Å². The normalized spacial score (nSPS) is 17.2. The summed E-state index contributed by atoms with van der Waals surface area (Å²) in [6.07, 6.45) is 2.36. The van der Waals surface area contributed by atoms with Crippen LogP contribution in [0.2, 0.25) is 0 Å². The average Bonchev–Trinajstić information content (AvgIpc) is 3.19. The summed E-state index contributed by atoms with van der Waals surface area (Å²) in [7, 11) is 1.73. The van der Waals surface area contributed by atoms with Gasteiger partial charge < -0.3 is 20.0 Å². The third kappa shape index (κ3) is 3.81. The first-order valence-electron chi connectivity index (χ1n) is 8.32. The van der Waals surface area contributed by atoms with Gasteiger partial charge in [0.2, 0.25) is 11.8 Å². The Kier molecular flexibility index (Phi) is 4.74. The Bertz CT molecular complexity index is 767. The van der Waals surface area contributed by atoms with Gasteiger partial charge in [0.25, 0.3) is 0 Å². The van der Waals surface area contributed by atoms with E-state index in [4.69, 9.17) is 4.42 Å². The van der Waals surface area contributed by atoms with Crippen LogP contribution in [0.25, 0.3) is 11.5 Å². The molecular weight excluding hydrogens is 320 g/mol. The summed E-state index contributed by atoms with van der Waals surface area (Å²) in [5, 5.41) is 5.43. The van der Waals surface area contributed by atoms with E-state index in [-0.39, 0.29) is 17.9 Å². The van der Waals surface area contributed by atoms with Gasteiger partial charge >= 0.3 is 6.03 Å². The molecule has 1 aromatic carbocycles. The minimum atomic E-state index is -0.453. The van der Waals surface area contributed by atoms with E-state index in [2.05, 4.69) is 15.6 Å². The smallest absolute Gasteiger partial charge is 0.319 e. The summed E-state index contributed by atoms with van der Waals surface area (Å²) in [5.74, 6) is 1.61. The first kappa shape index (κ1) is 17.0. The number of rotatable bonds is 4. The molecule has 0 bridgehead atoms. The highest BCUT2D eigenvalue weighted by molar-refractivity contribution is 5.94. The molecule has 2 heterocycles. The minimum absolute atomic E-state index is 0.0599. The Hall–Kier alpha value is -2.83. The summed E-state index contributed by atoms with van der Waals surface area (Å²) in [5.41, 5.74) is 1.47. The summed E-state index contributed by atoms with van der Waals surface area (Å²) in [6.45, 7) is 4.75. The van der Waals surface area contributed by atoms with Crippen molar-refractivity contribution in [2.45, 2.75) is 32.2 Å². The second-order valence-electron chi connectivity index (χ2n) is 6.50. The molecule has 0 spiro atoms. The number of hydrogen-bond acceptors (Lipinski definition) is 4. The monoisotopic (exact) mass is 342 g/mol. The summed E-state index contributed by atoms with van der Waals surface area (Å²) in [6, 6.07) is 6.37. The number of oxazole rings is 1. The number of carbonyl (C=O) groups excluding carboxylic acids is 2. The van der Waals surface area contributed by atoms with Crippen molar-refractivity contribution in [2.24, 2.45) is 0 Å². The predicted molar refractivity (Wildman–Crippen MR) is 94.2 cm³/mol. The van der Waals surface area contributed by atoms with E-state index in [0.29, 0.717) is 24.5 Å². The average molecular weight is 342 g/mol. The molecule has 7 heteroatoms. The molecule has 132 valence electrons. The zero-order valence-corrected chi connectivity index (χ0v) is 14.6. The van der Waals surface area contributed by atoms with Crippen LogP contribution < -0.4 is 10.6 Å². The van der Waals surface area contributed by atoms with Gasteiger partial charge in [0.1, 0.15) is 11.8 Å². The van der Waals surface area contributed by atoms with Crippen LogP contribution in [0.1, 0.15) is 31.9 Å². The number of anilines is 1. The van der Waals surface area contributed by atoms with Crippen LogP contribution in [0.15, 0.2) is 34.9 Å². The van der Waals surface area contributed by atoms with E-state index in [0.717, 1.165) is 11.3 Å². The van der Waals surface area contributed by atoms with Crippen molar-refractivity contribution in [3.05, 3.63) is 36.2 Å². The first-order valence-corrected chi connectivity index (χ1v) is 8.32. The number of nitrogens with zero attached hydrogens (tertiary/aromatic N) is 2. The highest BCUT2D eigenvalue weighted by Gasteiger charge is 2.30. The van der Waals surface area contributed by atoms with Crippen molar-refractivity contribution in [3.8, 4) is 11.5 Å². The predicted octanol–water partition coefficient (Wildman–Crippen LogP) is 2.82. The van der Waals surface area contributed by atoms with Gasteiger partial charge in [0.05, 0.1) is 6.20 Å². The Morgan fingerprint density at radius 1 is 1.32 bits per heavy atom. The summed E-state index contributed by atoms with van der Waals surface area (Å²) >= 11 is 0. The fourth-order valence-corrected chi connectivity index (χ4v) is 2.66. The van der Waals surface area contributed by atoms with Gasteiger partial charge in [-0.15, -0.1) is 0 Å². The lowest BCUT2D eigenvalue weighted by Gasteiger charge is -2.13. The lowest BCUT2D eigenvalue weighted by molar-refractivity contribution is -0.128. The van der Waals surface area contributed by atoms with Crippen molar-refractivity contribution in [1.82, 2.24) is 15.2 Å². The molecule has 2 N–H and O–H groups in total. The molecule has 0 aliphatic carbocycles. The molecule has 1 saturated heterocycles. The number of carbonyl (C=O) groups is 2. The molecule has 1 fully saturated rings. The van der Waals surface area contributed by atoms with Gasteiger partial charge in [-0.3, -0.25) is 4.79 Å². The molecule has 1 aliphatic rings. The van der Waals surface area contributed by atoms with Gasteiger partial charge in [-0.1, -0.05) is 13.8 Å². The standard InChI is InChI=1S/C18H22N4O3/c1-11(2)15-10-19-16(25-15)12-4-6-13(7-5-12)20-18(24)21-14-8-9-22(3)17(14)23/h4-7,10-11,14H,8-9H2,1-3H3,(H2,20,21,24). The molecule has 3 amide bonds. The molecule has 1 unspecified atom stereocenters. The van der Waals surface area contributed by atoms with Gasteiger partial charge in [0.15, 0.2) is 0 Å². The maximum absolute atomic E-state index is 12.0. The molecule has 0 saturated carbocycles. The van der Waals surface area contributed by atoms with Crippen molar-refractivity contribution in [2.75, 3.05) is 18.9 Å². The summed E-state index contributed by atoms with van der Waals surface area (Å²) in [4.78, 5) is 29.7. The maximum atomic E-state index is 12.0. The van der Waals surface area contributed by atoms with Crippen LogP contribution in [0.5, 0.6) is 0 Å². The van der Waals surface area contributed by atoms with Crippen LogP contribution in [0.3, 0.4) is 0 Å². The number of urea groups is 1. The Morgan fingerprint density at radius 3 is 2.60 bits per heavy atom. The summed E-state index contributed by atoms with van der Waals surface area (Å²) < 4.78 is 5.71. The SMILES string of the molecule is CC(C)c1cnc(-c2ccc(NC(=O)NC3CCN(C)C3=O)cc2)o1. The second kappa shape index (κ2) is 6.96. The van der Waals surface area contributed by atoms with Gasteiger partial charge in [-0.2, -0.15) is 0 Å². The van der Waals surface area contributed by atoms with Crippen molar-refractivity contribution >= 4 is 17.6 Å². The van der Waals surface area contributed by atoms with Crippen LogP contribution in [0, 0.1) is 0 Å². The molecule has 0 radical (unpaired) electrons. The molecule has 2 aromatic rings. The number of nitrogens with one attached hydrogen (secondary N) is 2. The van der Waals surface area contributed by atoms with Crippen molar-refractivity contribution in [1.29, 1.82) is 0 Å². The van der Waals surface area contributed by atoms with E-state index in [1.807, 2.05) is 26.0 Å². The third-order valence-corrected chi connectivity index (χ3v) is 4.22.